The van der Waals surface area contributed by atoms with Crippen LogP contribution >= 0.6 is 0 Å². The molecule has 0 fully saturated rings. The van der Waals surface area contributed by atoms with Gasteiger partial charge in [0.05, 0.1) is 12.9 Å². The lowest BCUT2D eigenvalue weighted by Crippen LogP contribution is -2.24. The van der Waals surface area contributed by atoms with Gasteiger partial charge < -0.3 is 4.74 Å². The molecule has 1 atom stereocenters. The lowest BCUT2D eigenvalue weighted by molar-refractivity contribution is 0.311. The highest BCUT2D eigenvalue weighted by Gasteiger charge is 2.09. The molecule has 2 aromatic carbocycles. The number of rotatable bonds is 10. The van der Waals surface area contributed by atoms with Gasteiger partial charge in [0.15, 0.2) is 0 Å². The SMILES string of the molecule is CC(C)c1cccc(CC(C)c2ccc(OCCCNS(C)(=O)=O)cc2)c1. The highest BCUT2D eigenvalue weighted by Crippen LogP contribution is 2.24. The van der Waals surface area contributed by atoms with Crippen LogP contribution in [0.5, 0.6) is 5.75 Å². The van der Waals surface area contributed by atoms with Crippen molar-refractivity contribution >= 4 is 10.0 Å². The second-order valence-electron chi connectivity index (χ2n) is 7.44. The number of hydrogen-bond acceptors (Lipinski definition) is 3. The molecule has 0 saturated heterocycles. The van der Waals surface area contributed by atoms with Crippen molar-refractivity contribution in [1.82, 2.24) is 4.72 Å². The van der Waals surface area contributed by atoms with Crippen molar-refractivity contribution in [1.29, 1.82) is 0 Å². The third-order valence-electron chi connectivity index (χ3n) is 4.56. The number of hydrogen-bond donors (Lipinski definition) is 1. The van der Waals surface area contributed by atoms with E-state index >= 15 is 0 Å². The lowest BCUT2D eigenvalue weighted by Gasteiger charge is -2.15. The van der Waals surface area contributed by atoms with Crippen molar-refractivity contribution in [3.63, 3.8) is 0 Å². The predicted octanol–water partition coefficient (Wildman–Crippen LogP) is 4.47. The molecule has 0 aliphatic carbocycles. The third kappa shape index (κ3) is 7.73. The molecule has 0 heterocycles. The van der Waals surface area contributed by atoms with Gasteiger partial charge in [-0.1, -0.05) is 57.2 Å². The van der Waals surface area contributed by atoms with Gasteiger partial charge >= 0.3 is 0 Å². The van der Waals surface area contributed by atoms with Gasteiger partial charge in [0.25, 0.3) is 0 Å². The second kappa shape index (κ2) is 9.90. The summed E-state index contributed by atoms with van der Waals surface area (Å²) in [7, 11) is -3.12. The minimum Gasteiger partial charge on any atom is -0.494 e. The molecule has 2 aromatic rings. The van der Waals surface area contributed by atoms with E-state index in [0.29, 0.717) is 31.4 Å². The van der Waals surface area contributed by atoms with Crippen molar-refractivity contribution in [2.45, 2.75) is 45.4 Å². The maximum Gasteiger partial charge on any atom is 0.208 e. The molecule has 0 aliphatic rings. The minimum atomic E-state index is -3.12. The van der Waals surface area contributed by atoms with Crippen molar-refractivity contribution in [3.05, 3.63) is 65.2 Å². The lowest BCUT2D eigenvalue weighted by atomic mass is 9.91. The summed E-state index contributed by atoms with van der Waals surface area (Å²) < 4.78 is 30.1. The maximum atomic E-state index is 11.0. The molecule has 27 heavy (non-hydrogen) atoms. The largest absolute Gasteiger partial charge is 0.494 e. The summed E-state index contributed by atoms with van der Waals surface area (Å²) in [5, 5.41) is 0. The number of sulfonamides is 1. The standard InChI is InChI=1S/C22H31NO3S/c1-17(2)21-8-5-7-19(16-21)15-18(3)20-9-11-22(12-10-20)26-14-6-13-23-27(4,24)25/h5,7-12,16-18,23H,6,13-15H2,1-4H3. The molecule has 1 unspecified atom stereocenters. The summed E-state index contributed by atoms with van der Waals surface area (Å²) in [6, 6.07) is 17.0. The van der Waals surface area contributed by atoms with E-state index in [2.05, 4.69) is 61.9 Å². The molecular weight excluding hydrogens is 358 g/mol. The van der Waals surface area contributed by atoms with Crippen LogP contribution in [0.25, 0.3) is 0 Å². The van der Waals surface area contributed by atoms with Gasteiger partial charge in [-0.15, -0.1) is 0 Å². The Hall–Kier alpha value is -1.85. The van der Waals surface area contributed by atoms with E-state index in [1.807, 2.05) is 12.1 Å². The zero-order valence-electron chi connectivity index (χ0n) is 16.7. The Bertz CT molecular complexity index is 814. The quantitative estimate of drug-likeness (QED) is 0.610. The predicted molar refractivity (Wildman–Crippen MR) is 112 cm³/mol. The van der Waals surface area contributed by atoms with Crippen LogP contribution in [0, 0.1) is 0 Å². The molecule has 148 valence electrons. The van der Waals surface area contributed by atoms with E-state index in [1.54, 1.807) is 0 Å². The first-order valence-corrected chi connectivity index (χ1v) is 11.4. The average molecular weight is 390 g/mol. The summed E-state index contributed by atoms with van der Waals surface area (Å²) >= 11 is 0. The average Bonchev–Trinajstić information content (AvgIpc) is 2.61. The smallest absolute Gasteiger partial charge is 0.208 e. The number of ether oxygens (including phenoxy) is 1. The van der Waals surface area contributed by atoms with Gasteiger partial charge in [0.2, 0.25) is 10.0 Å². The molecule has 0 saturated carbocycles. The summed E-state index contributed by atoms with van der Waals surface area (Å²) in [4.78, 5) is 0. The fourth-order valence-corrected chi connectivity index (χ4v) is 3.48. The molecule has 0 aromatic heterocycles. The second-order valence-corrected chi connectivity index (χ2v) is 9.28. The van der Waals surface area contributed by atoms with Gasteiger partial charge in [-0.25, -0.2) is 13.1 Å². The zero-order valence-corrected chi connectivity index (χ0v) is 17.6. The number of benzene rings is 2. The van der Waals surface area contributed by atoms with E-state index in [4.69, 9.17) is 4.74 Å². The molecule has 0 bridgehead atoms. The maximum absolute atomic E-state index is 11.0. The Kier molecular flexibility index (Phi) is 7.87. The van der Waals surface area contributed by atoms with E-state index in [-0.39, 0.29) is 0 Å². The molecule has 0 spiro atoms. The molecule has 0 aliphatic heterocycles. The van der Waals surface area contributed by atoms with Crippen LogP contribution in [0.4, 0.5) is 0 Å². The van der Waals surface area contributed by atoms with Gasteiger partial charge in [0, 0.05) is 6.54 Å². The van der Waals surface area contributed by atoms with Crippen LogP contribution in [-0.2, 0) is 16.4 Å². The van der Waals surface area contributed by atoms with E-state index in [0.717, 1.165) is 18.4 Å². The van der Waals surface area contributed by atoms with Crippen molar-refractivity contribution in [2.75, 3.05) is 19.4 Å². The van der Waals surface area contributed by atoms with Crippen LogP contribution in [0.1, 0.15) is 55.7 Å². The first-order chi connectivity index (χ1) is 12.7. The highest BCUT2D eigenvalue weighted by molar-refractivity contribution is 7.88. The summed E-state index contributed by atoms with van der Waals surface area (Å²) in [6.07, 6.45) is 2.81. The molecule has 0 radical (unpaired) electrons. The normalized spacial score (nSPS) is 12.9. The Morgan fingerprint density at radius 2 is 1.70 bits per heavy atom. The van der Waals surface area contributed by atoms with E-state index < -0.39 is 10.0 Å². The molecule has 2 rings (SSSR count). The fourth-order valence-electron chi connectivity index (χ4n) is 2.96. The zero-order chi connectivity index (χ0) is 19.9. The Morgan fingerprint density at radius 3 is 2.33 bits per heavy atom. The highest BCUT2D eigenvalue weighted by atomic mass is 32.2. The third-order valence-corrected chi connectivity index (χ3v) is 5.29. The molecule has 4 nitrogen and oxygen atoms in total. The van der Waals surface area contributed by atoms with Crippen LogP contribution in [-0.4, -0.2) is 27.8 Å². The molecular formula is C22H31NO3S. The first kappa shape index (κ1) is 21.5. The van der Waals surface area contributed by atoms with Crippen LogP contribution in [0.15, 0.2) is 48.5 Å². The summed E-state index contributed by atoms with van der Waals surface area (Å²) in [6.45, 7) is 7.56. The molecule has 5 heteroatoms. The van der Waals surface area contributed by atoms with Gasteiger partial charge in [0.1, 0.15) is 5.75 Å². The van der Waals surface area contributed by atoms with Crippen molar-refractivity contribution in [3.8, 4) is 5.75 Å². The minimum absolute atomic E-state index is 0.392. The molecule has 1 N–H and O–H groups in total. The van der Waals surface area contributed by atoms with Gasteiger partial charge in [-0.3, -0.25) is 0 Å². The van der Waals surface area contributed by atoms with Gasteiger partial charge in [-0.05, 0) is 53.5 Å². The van der Waals surface area contributed by atoms with Crippen LogP contribution in [0.3, 0.4) is 0 Å². The Balaban J connectivity index is 1.84. The monoisotopic (exact) mass is 389 g/mol. The van der Waals surface area contributed by atoms with Crippen LogP contribution in [0.2, 0.25) is 0 Å². The Morgan fingerprint density at radius 1 is 1.00 bits per heavy atom. The molecule has 0 amide bonds. The number of nitrogens with one attached hydrogen (secondary N) is 1. The van der Waals surface area contributed by atoms with Gasteiger partial charge in [-0.2, -0.15) is 0 Å². The topological polar surface area (TPSA) is 55.4 Å². The van der Waals surface area contributed by atoms with E-state index in [9.17, 15) is 8.42 Å². The summed E-state index contributed by atoms with van der Waals surface area (Å²) in [5.74, 6) is 1.79. The fraction of sp³-hybridized carbons (Fsp3) is 0.455. The van der Waals surface area contributed by atoms with Crippen molar-refractivity contribution in [2.24, 2.45) is 0 Å². The van der Waals surface area contributed by atoms with Crippen molar-refractivity contribution < 1.29 is 13.2 Å². The summed E-state index contributed by atoms with van der Waals surface area (Å²) in [5.41, 5.74) is 4.04. The Labute approximate surface area is 164 Å². The first-order valence-electron chi connectivity index (χ1n) is 9.51. The van der Waals surface area contributed by atoms with E-state index in [1.165, 1.54) is 16.7 Å². The van der Waals surface area contributed by atoms with Crippen LogP contribution < -0.4 is 9.46 Å².